The second kappa shape index (κ2) is 8.82. The minimum atomic E-state index is -4.54. The van der Waals surface area contributed by atoms with E-state index < -0.39 is 11.7 Å². The molecule has 2 aromatic rings. The topological polar surface area (TPSA) is 31.4 Å². The normalized spacial score (nSPS) is 11.2. The first-order chi connectivity index (χ1) is 12.1. The summed E-state index contributed by atoms with van der Waals surface area (Å²) < 4.78 is 49.7. The Morgan fingerprint density at radius 2 is 1.85 bits per heavy atom. The number of aryl methyl sites for hydroxylation is 1. The van der Waals surface area contributed by atoms with E-state index in [1.54, 1.807) is 25.1 Å². The van der Waals surface area contributed by atoms with Crippen LogP contribution in [-0.4, -0.2) is 11.6 Å². The molecule has 3 nitrogen and oxygen atoms in total. The van der Waals surface area contributed by atoms with E-state index in [1.807, 2.05) is 0 Å². The van der Waals surface area contributed by atoms with Gasteiger partial charge in [-0.2, -0.15) is 13.2 Å². The lowest BCUT2D eigenvalue weighted by Crippen LogP contribution is -2.06. The molecule has 0 bridgehead atoms. The summed E-state index contributed by atoms with van der Waals surface area (Å²) in [6.07, 6.45) is -2.14. The van der Waals surface area contributed by atoms with Crippen LogP contribution >= 0.6 is 55.1 Å². The van der Waals surface area contributed by atoms with Crippen molar-refractivity contribution in [3.05, 3.63) is 55.0 Å². The van der Waals surface area contributed by atoms with Crippen LogP contribution in [-0.2, 0) is 6.18 Å². The van der Waals surface area contributed by atoms with Gasteiger partial charge >= 0.3 is 6.18 Å². The fourth-order valence-electron chi connectivity index (χ4n) is 1.82. The number of hydrogen-bond acceptors (Lipinski definition) is 3. The van der Waals surface area contributed by atoms with E-state index in [4.69, 9.17) is 32.7 Å². The molecule has 0 aliphatic rings. The Balaban J connectivity index is 2.22. The minimum Gasteiger partial charge on any atom is -0.489 e. The molecule has 0 saturated heterocycles. The quantitative estimate of drug-likeness (QED) is 0.397. The Bertz CT molecular complexity index is 841. The number of ether oxygens (including phenoxy) is 2. The maximum Gasteiger partial charge on any atom is 0.417 e. The highest BCUT2D eigenvalue weighted by Gasteiger charge is 2.31. The molecule has 0 aliphatic heterocycles. The summed E-state index contributed by atoms with van der Waals surface area (Å²) in [4.78, 5) is 3.62. The first-order valence-corrected chi connectivity index (χ1v) is 9.27. The molecule has 1 heterocycles. The van der Waals surface area contributed by atoms with Crippen molar-refractivity contribution in [3.63, 3.8) is 0 Å². The molecule has 0 spiro atoms. The van der Waals surface area contributed by atoms with Gasteiger partial charge in [0.05, 0.1) is 14.0 Å². The van der Waals surface area contributed by atoms with Crippen LogP contribution in [0.1, 0.15) is 11.1 Å². The lowest BCUT2D eigenvalue weighted by Gasteiger charge is -2.13. The maximum atomic E-state index is 12.7. The zero-order chi connectivity index (χ0) is 19.5. The molecule has 0 saturated carbocycles. The van der Waals surface area contributed by atoms with Crippen LogP contribution in [0.4, 0.5) is 13.2 Å². The molecule has 10 heteroatoms. The largest absolute Gasteiger partial charge is 0.489 e. The van der Waals surface area contributed by atoms with Gasteiger partial charge in [0.1, 0.15) is 23.1 Å². The lowest BCUT2D eigenvalue weighted by atomic mass is 10.2. The van der Waals surface area contributed by atoms with Crippen molar-refractivity contribution in [1.29, 1.82) is 0 Å². The van der Waals surface area contributed by atoms with Gasteiger partial charge in [-0.15, -0.1) is 0 Å². The molecule has 0 fully saturated rings. The molecular weight excluding hydrogens is 526 g/mol. The van der Waals surface area contributed by atoms with Crippen molar-refractivity contribution in [2.75, 3.05) is 6.61 Å². The fraction of sp³-hybridized carbons (Fsp3) is 0.188. The van der Waals surface area contributed by atoms with Gasteiger partial charge in [-0.25, -0.2) is 4.98 Å². The average molecular weight is 536 g/mol. The summed E-state index contributed by atoms with van der Waals surface area (Å²) in [6, 6.07) is 3.87. The summed E-state index contributed by atoms with van der Waals surface area (Å²) in [6.45, 7) is 2.07. The molecule has 0 aliphatic carbocycles. The van der Waals surface area contributed by atoms with Gasteiger partial charge in [-0.05, 0) is 62.6 Å². The van der Waals surface area contributed by atoms with Gasteiger partial charge in [0.2, 0.25) is 5.88 Å². The maximum absolute atomic E-state index is 12.7. The van der Waals surface area contributed by atoms with Gasteiger partial charge in [0, 0.05) is 12.3 Å². The second-order valence-corrected chi connectivity index (χ2v) is 8.55. The van der Waals surface area contributed by atoms with Gasteiger partial charge in [0.25, 0.3) is 0 Å². The predicted molar refractivity (Wildman–Crippen MR) is 102 cm³/mol. The molecule has 1 aromatic carbocycles. The number of benzene rings is 1. The SMILES string of the molecule is Cc1cc(Oc2ncc(C(F)(F)F)cc2Cl)c(Cl)cc1OCC=C(Br)Br. The molecule has 0 N–H and O–H groups in total. The van der Waals surface area contributed by atoms with E-state index >= 15 is 0 Å². The smallest absolute Gasteiger partial charge is 0.417 e. The summed E-state index contributed by atoms with van der Waals surface area (Å²) in [5.74, 6) is 0.551. The van der Waals surface area contributed by atoms with Crippen LogP contribution in [0, 0.1) is 6.92 Å². The zero-order valence-electron chi connectivity index (χ0n) is 13.0. The van der Waals surface area contributed by atoms with Crippen molar-refractivity contribution in [2.45, 2.75) is 13.1 Å². The number of hydrogen-bond donors (Lipinski definition) is 0. The summed E-state index contributed by atoms with van der Waals surface area (Å²) >= 11 is 18.4. The van der Waals surface area contributed by atoms with E-state index in [2.05, 4.69) is 36.8 Å². The van der Waals surface area contributed by atoms with E-state index in [1.165, 1.54) is 0 Å². The first kappa shape index (κ1) is 21.3. The highest BCUT2D eigenvalue weighted by molar-refractivity contribution is 9.28. The number of alkyl halides is 3. The third-order valence-electron chi connectivity index (χ3n) is 3.05. The molecule has 140 valence electrons. The highest BCUT2D eigenvalue weighted by atomic mass is 79.9. The third-order valence-corrected chi connectivity index (χ3v) is 4.26. The van der Waals surface area contributed by atoms with Crippen molar-refractivity contribution in [3.8, 4) is 17.4 Å². The average Bonchev–Trinajstić information content (AvgIpc) is 2.52. The van der Waals surface area contributed by atoms with Crippen molar-refractivity contribution >= 4 is 55.1 Å². The number of rotatable bonds is 5. The Kier molecular flexibility index (Phi) is 7.24. The van der Waals surface area contributed by atoms with E-state index in [-0.39, 0.29) is 21.7 Å². The van der Waals surface area contributed by atoms with Gasteiger partial charge < -0.3 is 9.47 Å². The molecule has 1 aromatic heterocycles. The standard InChI is InChI=1S/C16H10Br2Cl2F3NO2/c1-8-4-13(10(19)6-12(8)25-3-2-14(17)18)26-15-11(20)5-9(7-24-15)16(21,22)23/h2,4-7H,3H2,1H3. The van der Waals surface area contributed by atoms with Crippen molar-refractivity contribution < 1.29 is 22.6 Å². The van der Waals surface area contributed by atoms with Crippen LogP contribution in [0.25, 0.3) is 0 Å². The zero-order valence-corrected chi connectivity index (χ0v) is 17.7. The molecule has 0 unspecified atom stereocenters. The summed E-state index contributed by atoms with van der Waals surface area (Å²) in [5.41, 5.74) is -0.251. The van der Waals surface area contributed by atoms with E-state index in [0.717, 1.165) is 9.46 Å². The molecule has 0 atom stereocenters. The highest BCUT2D eigenvalue weighted by Crippen LogP contribution is 2.38. The Labute approximate surface area is 174 Å². The molecular formula is C16H10Br2Cl2F3NO2. The Morgan fingerprint density at radius 1 is 1.15 bits per heavy atom. The van der Waals surface area contributed by atoms with Crippen molar-refractivity contribution in [1.82, 2.24) is 4.98 Å². The predicted octanol–water partition coefficient (Wildman–Crippen LogP) is 7.52. The van der Waals surface area contributed by atoms with Crippen LogP contribution in [0.15, 0.2) is 33.9 Å². The van der Waals surface area contributed by atoms with E-state index in [9.17, 15) is 13.2 Å². The molecule has 2 rings (SSSR count). The van der Waals surface area contributed by atoms with Crippen molar-refractivity contribution in [2.24, 2.45) is 0 Å². The number of nitrogens with zero attached hydrogens (tertiary/aromatic N) is 1. The Morgan fingerprint density at radius 3 is 2.42 bits per heavy atom. The summed E-state index contributed by atoms with van der Waals surface area (Å²) in [7, 11) is 0. The van der Waals surface area contributed by atoms with Gasteiger partial charge in [-0.3, -0.25) is 0 Å². The van der Waals surface area contributed by atoms with E-state index in [0.29, 0.717) is 24.1 Å². The number of halogens is 7. The first-order valence-electron chi connectivity index (χ1n) is 6.92. The van der Waals surface area contributed by atoms with Gasteiger partial charge in [-0.1, -0.05) is 23.2 Å². The van der Waals surface area contributed by atoms with Gasteiger partial charge in [0.15, 0.2) is 0 Å². The number of aromatic nitrogens is 1. The Hall–Kier alpha value is -0.960. The fourth-order valence-corrected chi connectivity index (χ4v) is 2.49. The monoisotopic (exact) mass is 533 g/mol. The molecule has 0 radical (unpaired) electrons. The van der Waals surface area contributed by atoms with Crippen LogP contribution in [0.2, 0.25) is 10.0 Å². The molecule has 0 amide bonds. The molecule has 26 heavy (non-hydrogen) atoms. The number of pyridine rings is 1. The van der Waals surface area contributed by atoms with Crippen LogP contribution in [0.3, 0.4) is 0 Å². The lowest BCUT2D eigenvalue weighted by molar-refractivity contribution is -0.137. The second-order valence-electron chi connectivity index (χ2n) is 4.96. The van der Waals surface area contributed by atoms with Crippen LogP contribution in [0.5, 0.6) is 17.4 Å². The summed E-state index contributed by atoms with van der Waals surface area (Å²) in [5, 5.41) is -0.0774. The van der Waals surface area contributed by atoms with Crippen LogP contribution < -0.4 is 9.47 Å². The third kappa shape index (κ3) is 5.77. The minimum absolute atomic E-state index is 0.180.